The Morgan fingerprint density at radius 2 is 1.75 bits per heavy atom. The number of alkyl halides is 3. The molecule has 3 heterocycles. The number of amides is 1. The van der Waals surface area contributed by atoms with Crippen LogP contribution >= 0.6 is 0 Å². The number of carbonyl (C=O) groups is 1. The molecule has 1 amide bonds. The van der Waals surface area contributed by atoms with Crippen LogP contribution in [0.5, 0.6) is 0 Å². The number of aliphatic hydroxyl groups is 2. The molecule has 3 atom stereocenters. The van der Waals surface area contributed by atoms with Gasteiger partial charge >= 0.3 is 6.18 Å². The van der Waals surface area contributed by atoms with Crippen molar-refractivity contribution in [1.29, 1.82) is 0 Å². The van der Waals surface area contributed by atoms with Crippen molar-refractivity contribution in [3.63, 3.8) is 0 Å². The number of fused-ring (bicyclic) bond motifs is 1. The largest absolute Gasteiger partial charge is 0.408 e. The SMILES string of the molecule is CC[C@@H](NC(=O)c1cn(-c2c(F)cccc2F)c2nc(N3C[C@@H](O)[C@H](O)C3)ccc2c1=O)C(F)(F)F. The van der Waals surface area contributed by atoms with Crippen molar-refractivity contribution in [3.05, 3.63) is 63.9 Å². The normalized spacial score (nSPS) is 19.1. The van der Waals surface area contributed by atoms with Gasteiger partial charge < -0.3 is 20.4 Å². The van der Waals surface area contributed by atoms with Gasteiger partial charge in [-0.1, -0.05) is 13.0 Å². The van der Waals surface area contributed by atoms with E-state index in [1.165, 1.54) is 24.0 Å². The highest BCUT2D eigenvalue weighted by Gasteiger charge is 2.40. The first kappa shape index (κ1) is 25.5. The van der Waals surface area contributed by atoms with Crippen LogP contribution in [0, 0.1) is 11.6 Å². The van der Waals surface area contributed by atoms with Crippen molar-refractivity contribution in [2.75, 3.05) is 18.0 Å². The second-order valence-electron chi connectivity index (χ2n) is 8.37. The van der Waals surface area contributed by atoms with Crippen LogP contribution in [0.1, 0.15) is 23.7 Å². The Morgan fingerprint density at radius 1 is 1.14 bits per heavy atom. The van der Waals surface area contributed by atoms with Crippen LogP contribution in [-0.4, -0.2) is 63.2 Å². The summed E-state index contributed by atoms with van der Waals surface area (Å²) >= 11 is 0. The molecule has 1 fully saturated rings. The molecule has 0 radical (unpaired) electrons. The van der Waals surface area contributed by atoms with E-state index in [2.05, 4.69) is 4.98 Å². The minimum atomic E-state index is -4.78. The van der Waals surface area contributed by atoms with Crippen molar-refractivity contribution in [1.82, 2.24) is 14.9 Å². The fraction of sp³-hybridized carbons (Fsp3) is 0.348. The van der Waals surface area contributed by atoms with Gasteiger partial charge in [-0.25, -0.2) is 13.8 Å². The average molecular weight is 512 g/mol. The monoisotopic (exact) mass is 512 g/mol. The third-order valence-corrected chi connectivity index (χ3v) is 5.95. The number of rotatable bonds is 5. The molecular formula is C23H21F5N4O4. The van der Waals surface area contributed by atoms with Gasteiger partial charge in [-0.15, -0.1) is 0 Å². The van der Waals surface area contributed by atoms with Gasteiger partial charge in [0, 0.05) is 19.3 Å². The lowest BCUT2D eigenvalue weighted by atomic mass is 10.1. The topological polar surface area (TPSA) is 108 Å². The third kappa shape index (κ3) is 4.63. The number of para-hydroxylation sites is 1. The van der Waals surface area contributed by atoms with Crippen LogP contribution in [0.4, 0.5) is 27.8 Å². The first-order valence-corrected chi connectivity index (χ1v) is 10.9. The Morgan fingerprint density at radius 3 is 2.31 bits per heavy atom. The van der Waals surface area contributed by atoms with E-state index >= 15 is 0 Å². The molecule has 192 valence electrons. The fourth-order valence-corrected chi connectivity index (χ4v) is 4.03. The second kappa shape index (κ2) is 9.47. The number of anilines is 1. The van der Waals surface area contributed by atoms with Gasteiger partial charge in [-0.3, -0.25) is 14.2 Å². The van der Waals surface area contributed by atoms with Crippen molar-refractivity contribution in [2.45, 2.75) is 37.8 Å². The summed E-state index contributed by atoms with van der Waals surface area (Å²) in [6.07, 6.45) is -6.68. The summed E-state index contributed by atoms with van der Waals surface area (Å²) in [6, 6.07) is 3.25. The Balaban J connectivity index is 1.92. The summed E-state index contributed by atoms with van der Waals surface area (Å²) in [5.41, 5.74) is -2.75. The molecule has 0 aliphatic carbocycles. The molecule has 0 unspecified atom stereocenters. The zero-order valence-corrected chi connectivity index (χ0v) is 18.8. The first-order chi connectivity index (χ1) is 16.9. The molecule has 1 aliphatic heterocycles. The summed E-state index contributed by atoms with van der Waals surface area (Å²) in [7, 11) is 0. The second-order valence-corrected chi connectivity index (χ2v) is 8.37. The van der Waals surface area contributed by atoms with Crippen molar-refractivity contribution < 1.29 is 37.0 Å². The molecule has 0 spiro atoms. The number of aliphatic hydroxyl groups excluding tert-OH is 2. The van der Waals surface area contributed by atoms with Gasteiger partial charge in [-0.2, -0.15) is 13.2 Å². The standard InChI is InChI=1S/C23H21F5N4O4/c1-2-17(23(26,27)28)29-22(36)12-8-32(19-13(24)4-3-5-14(19)25)21-11(20(12)35)6-7-18(30-21)31-9-15(33)16(34)10-31/h3-8,15-17,33-34H,2,9-10H2,1H3,(H,29,36)/t15-,16-,17-/m1/s1. The lowest BCUT2D eigenvalue weighted by Gasteiger charge is -2.21. The molecule has 13 heteroatoms. The predicted octanol–water partition coefficient (Wildman–Crippen LogP) is 2.28. The molecule has 2 aromatic heterocycles. The van der Waals surface area contributed by atoms with Crippen LogP contribution in [0.2, 0.25) is 0 Å². The lowest BCUT2D eigenvalue weighted by Crippen LogP contribution is -2.46. The summed E-state index contributed by atoms with van der Waals surface area (Å²) in [5.74, 6) is -3.37. The molecule has 8 nitrogen and oxygen atoms in total. The molecule has 0 bridgehead atoms. The highest BCUT2D eigenvalue weighted by Crippen LogP contribution is 2.26. The van der Waals surface area contributed by atoms with Crippen molar-refractivity contribution >= 4 is 22.8 Å². The van der Waals surface area contributed by atoms with Gasteiger partial charge in [-0.05, 0) is 30.7 Å². The third-order valence-electron chi connectivity index (χ3n) is 5.95. The van der Waals surface area contributed by atoms with E-state index < -0.39 is 65.1 Å². The zero-order valence-electron chi connectivity index (χ0n) is 18.8. The Bertz CT molecular complexity index is 1350. The number of pyridine rings is 2. The van der Waals surface area contributed by atoms with E-state index in [-0.39, 0.29) is 29.9 Å². The van der Waals surface area contributed by atoms with Crippen molar-refractivity contribution in [3.8, 4) is 5.69 Å². The number of hydrogen-bond acceptors (Lipinski definition) is 6. The van der Waals surface area contributed by atoms with E-state index in [0.717, 1.165) is 29.0 Å². The molecule has 1 aromatic carbocycles. The van der Waals surface area contributed by atoms with Crippen LogP contribution in [0.25, 0.3) is 16.7 Å². The zero-order chi connectivity index (χ0) is 26.4. The number of nitrogens with one attached hydrogen (secondary N) is 1. The highest BCUT2D eigenvalue weighted by atomic mass is 19.4. The summed E-state index contributed by atoms with van der Waals surface area (Å²) in [4.78, 5) is 31.6. The number of aromatic nitrogens is 2. The molecular weight excluding hydrogens is 491 g/mol. The number of carbonyl (C=O) groups excluding carboxylic acids is 1. The molecule has 1 aliphatic rings. The first-order valence-electron chi connectivity index (χ1n) is 10.9. The summed E-state index contributed by atoms with van der Waals surface area (Å²) in [5, 5.41) is 21.2. The average Bonchev–Trinajstić information content (AvgIpc) is 3.15. The van der Waals surface area contributed by atoms with E-state index in [1.807, 2.05) is 0 Å². The maximum atomic E-state index is 14.7. The molecule has 3 aromatic rings. The molecule has 0 saturated carbocycles. The smallest absolute Gasteiger partial charge is 0.389 e. The Labute approximate surface area is 200 Å². The maximum absolute atomic E-state index is 14.7. The summed E-state index contributed by atoms with van der Waals surface area (Å²) < 4.78 is 69.8. The molecule has 1 saturated heterocycles. The van der Waals surface area contributed by atoms with Gasteiger partial charge in [0.1, 0.15) is 34.7 Å². The van der Waals surface area contributed by atoms with Gasteiger partial charge in [0.15, 0.2) is 5.65 Å². The quantitative estimate of drug-likeness (QED) is 0.453. The number of benzene rings is 1. The lowest BCUT2D eigenvalue weighted by molar-refractivity contribution is -0.153. The number of β-amino-alcohol motifs (C(OH)–C–C–N with tert-alkyl or cyclic N) is 2. The predicted molar refractivity (Wildman–Crippen MR) is 119 cm³/mol. The Kier molecular flexibility index (Phi) is 6.71. The van der Waals surface area contributed by atoms with Crippen LogP contribution in [0.15, 0.2) is 41.3 Å². The maximum Gasteiger partial charge on any atom is 0.408 e. The summed E-state index contributed by atoms with van der Waals surface area (Å²) in [6.45, 7) is 1.19. The Hall–Kier alpha value is -3.58. The van der Waals surface area contributed by atoms with Gasteiger partial charge in [0.25, 0.3) is 5.91 Å². The van der Waals surface area contributed by atoms with E-state index in [9.17, 15) is 41.8 Å². The number of nitrogens with zero attached hydrogens (tertiary/aromatic N) is 3. The van der Waals surface area contributed by atoms with Gasteiger partial charge in [0.2, 0.25) is 5.43 Å². The molecule has 4 rings (SSSR count). The van der Waals surface area contributed by atoms with E-state index in [1.54, 1.807) is 5.32 Å². The van der Waals surface area contributed by atoms with Crippen molar-refractivity contribution in [2.24, 2.45) is 0 Å². The fourth-order valence-electron chi connectivity index (χ4n) is 4.03. The van der Waals surface area contributed by atoms with Crippen LogP contribution < -0.4 is 15.6 Å². The van der Waals surface area contributed by atoms with Crippen LogP contribution in [-0.2, 0) is 0 Å². The highest BCUT2D eigenvalue weighted by molar-refractivity contribution is 5.97. The van der Waals surface area contributed by atoms with Crippen LogP contribution in [0.3, 0.4) is 0 Å². The molecule has 3 N–H and O–H groups in total. The minimum Gasteiger partial charge on any atom is -0.389 e. The van der Waals surface area contributed by atoms with E-state index in [4.69, 9.17) is 0 Å². The number of hydrogen-bond donors (Lipinski definition) is 3. The molecule has 36 heavy (non-hydrogen) atoms. The number of halogens is 5. The minimum absolute atomic E-state index is 0.00565. The van der Waals surface area contributed by atoms with E-state index in [0.29, 0.717) is 0 Å². The van der Waals surface area contributed by atoms with Gasteiger partial charge in [0.05, 0.1) is 17.6 Å².